The van der Waals surface area contributed by atoms with E-state index >= 15 is 0 Å². The van der Waals surface area contributed by atoms with E-state index in [1.165, 1.54) is 19.5 Å². The lowest BCUT2D eigenvalue weighted by Gasteiger charge is -2.28. The Balaban J connectivity index is 1.51. The lowest BCUT2D eigenvalue weighted by atomic mass is 10.3. The number of rotatable bonds is 7. The maximum atomic E-state index is 11.4. The molecule has 10 heteroatoms. The van der Waals surface area contributed by atoms with E-state index in [0.717, 1.165) is 13.1 Å². The van der Waals surface area contributed by atoms with Crippen LogP contribution in [-0.4, -0.2) is 81.8 Å². The summed E-state index contributed by atoms with van der Waals surface area (Å²) in [6.07, 6.45) is 5.64. The summed E-state index contributed by atoms with van der Waals surface area (Å²) in [4.78, 5) is 21.7. The molecule has 1 aliphatic rings. The highest BCUT2D eigenvalue weighted by molar-refractivity contribution is 5.88. The molecule has 3 heterocycles. The summed E-state index contributed by atoms with van der Waals surface area (Å²) in [6.45, 7) is 4.06. The minimum absolute atomic E-state index is 0.278. The molecule has 0 radical (unpaired) electrons. The van der Waals surface area contributed by atoms with Crippen molar-refractivity contribution in [2.24, 2.45) is 0 Å². The Bertz CT molecular complexity index is 714. The minimum atomic E-state index is -0.517. The molecule has 2 aromatic heterocycles. The Morgan fingerprint density at radius 1 is 1.31 bits per heavy atom. The zero-order valence-electron chi connectivity index (χ0n) is 14.5. The molecular weight excluding hydrogens is 340 g/mol. The molecule has 26 heavy (non-hydrogen) atoms. The molecule has 2 aromatic rings. The van der Waals surface area contributed by atoms with Gasteiger partial charge in [-0.05, 0) is 0 Å². The van der Waals surface area contributed by atoms with Crippen LogP contribution in [0, 0.1) is 0 Å². The maximum absolute atomic E-state index is 11.4. The predicted octanol–water partition coefficient (Wildman–Crippen LogP) is -0.104. The van der Waals surface area contributed by atoms with Crippen molar-refractivity contribution in [1.82, 2.24) is 24.6 Å². The van der Waals surface area contributed by atoms with Crippen LogP contribution in [0.5, 0.6) is 0 Å². The number of ether oxygens (including phenoxy) is 2. The summed E-state index contributed by atoms with van der Waals surface area (Å²) >= 11 is 0. The zero-order valence-corrected chi connectivity index (χ0v) is 14.5. The van der Waals surface area contributed by atoms with Crippen LogP contribution in [0.1, 0.15) is 10.4 Å². The highest BCUT2D eigenvalue weighted by Gasteiger charge is 2.15. The topological polar surface area (TPSA) is 115 Å². The van der Waals surface area contributed by atoms with Crippen LogP contribution in [0.4, 0.5) is 11.6 Å². The Morgan fingerprint density at radius 3 is 2.73 bits per heavy atom. The SMILES string of the molecule is COC(=O)c1cnc(Nc2cnn(CC(O)CN3CCOCC3)c2)nc1. The molecule has 1 saturated heterocycles. The summed E-state index contributed by atoms with van der Waals surface area (Å²) in [6, 6.07) is 0. The maximum Gasteiger partial charge on any atom is 0.341 e. The number of anilines is 2. The van der Waals surface area contributed by atoms with E-state index in [-0.39, 0.29) is 5.56 Å². The van der Waals surface area contributed by atoms with E-state index in [1.807, 2.05) is 0 Å². The number of aliphatic hydroxyl groups is 1. The Morgan fingerprint density at radius 2 is 2.04 bits per heavy atom. The molecule has 0 spiro atoms. The summed E-state index contributed by atoms with van der Waals surface area (Å²) in [7, 11) is 1.30. The quantitative estimate of drug-likeness (QED) is 0.651. The number of aromatic nitrogens is 4. The van der Waals surface area contributed by atoms with E-state index < -0.39 is 12.1 Å². The molecule has 3 rings (SSSR count). The van der Waals surface area contributed by atoms with Gasteiger partial charge in [0.2, 0.25) is 5.95 Å². The standard InChI is InChI=1S/C16H22N6O4/c1-25-15(24)12-6-17-16(18-7-12)20-13-8-19-22(9-13)11-14(23)10-21-2-4-26-5-3-21/h6-9,14,23H,2-5,10-11H2,1H3,(H,17,18,20). The number of hydrogen-bond acceptors (Lipinski definition) is 9. The number of aliphatic hydroxyl groups excluding tert-OH is 1. The predicted molar refractivity (Wildman–Crippen MR) is 92.1 cm³/mol. The van der Waals surface area contributed by atoms with Crippen molar-refractivity contribution < 1.29 is 19.4 Å². The minimum Gasteiger partial charge on any atom is -0.465 e. The number of nitrogens with one attached hydrogen (secondary N) is 1. The highest BCUT2D eigenvalue weighted by Crippen LogP contribution is 2.12. The van der Waals surface area contributed by atoms with Gasteiger partial charge in [-0.3, -0.25) is 9.58 Å². The van der Waals surface area contributed by atoms with Gasteiger partial charge in [-0.1, -0.05) is 0 Å². The van der Waals surface area contributed by atoms with Gasteiger partial charge in [0, 0.05) is 38.2 Å². The number of esters is 1. The molecule has 1 fully saturated rings. The highest BCUT2D eigenvalue weighted by atomic mass is 16.5. The lowest BCUT2D eigenvalue weighted by molar-refractivity contribution is 0.0108. The number of methoxy groups -OCH3 is 1. The monoisotopic (exact) mass is 362 g/mol. The normalized spacial score (nSPS) is 16.2. The number of carbonyl (C=O) groups is 1. The van der Waals surface area contributed by atoms with E-state index in [0.29, 0.717) is 37.9 Å². The molecule has 0 saturated carbocycles. The number of morpholine rings is 1. The van der Waals surface area contributed by atoms with Gasteiger partial charge in [0.15, 0.2) is 0 Å². The molecule has 0 bridgehead atoms. The molecule has 10 nitrogen and oxygen atoms in total. The molecule has 1 aliphatic heterocycles. The summed E-state index contributed by atoms with van der Waals surface area (Å²) in [5, 5.41) is 17.5. The van der Waals surface area contributed by atoms with Crippen molar-refractivity contribution in [3.05, 3.63) is 30.4 Å². The lowest BCUT2D eigenvalue weighted by Crippen LogP contribution is -2.42. The second-order valence-corrected chi connectivity index (χ2v) is 5.93. The fraction of sp³-hybridized carbons (Fsp3) is 0.500. The Kier molecular flexibility index (Phi) is 6.10. The molecule has 140 valence electrons. The van der Waals surface area contributed by atoms with Gasteiger partial charge in [0.05, 0.1) is 50.4 Å². The summed E-state index contributed by atoms with van der Waals surface area (Å²) < 4.78 is 11.6. The average molecular weight is 362 g/mol. The van der Waals surface area contributed by atoms with Crippen LogP contribution < -0.4 is 5.32 Å². The van der Waals surface area contributed by atoms with Gasteiger partial charge in [0.1, 0.15) is 0 Å². The van der Waals surface area contributed by atoms with Crippen LogP contribution in [0.25, 0.3) is 0 Å². The van der Waals surface area contributed by atoms with Crippen molar-refractivity contribution in [3.63, 3.8) is 0 Å². The first-order valence-corrected chi connectivity index (χ1v) is 8.32. The first-order chi connectivity index (χ1) is 12.6. The van der Waals surface area contributed by atoms with Crippen molar-refractivity contribution in [1.29, 1.82) is 0 Å². The fourth-order valence-corrected chi connectivity index (χ4v) is 2.63. The number of hydrogen-bond donors (Lipinski definition) is 2. The number of β-amino-alcohol motifs (C(OH)–C–C–N with tert-alkyl or cyclic N) is 1. The zero-order chi connectivity index (χ0) is 18.4. The molecule has 1 unspecified atom stereocenters. The van der Waals surface area contributed by atoms with Gasteiger partial charge >= 0.3 is 5.97 Å². The summed E-state index contributed by atoms with van der Waals surface area (Å²) in [5.74, 6) is -0.148. The molecule has 1 atom stereocenters. The van der Waals surface area contributed by atoms with Crippen molar-refractivity contribution >= 4 is 17.6 Å². The second kappa shape index (κ2) is 8.70. The third kappa shape index (κ3) is 4.97. The van der Waals surface area contributed by atoms with Crippen LogP contribution in [-0.2, 0) is 16.0 Å². The Labute approximate surface area is 150 Å². The van der Waals surface area contributed by atoms with E-state index in [9.17, 15) is 9.90 Å². The van der Waals surface area contributed by atoms with E-state index in [4.69, 9.17) is 4.74 Å². The molecular formula is C16H22N6O4. The van der Waals surface area contributed by atoms with Crippen LogP contribution in [0.2, 0.25) is 0 Å². The average Bonchev–Trinajstić information content (AvgIpc) is 3.09. The smallest absolute Gasteiger partial charge is 0.341 e. The number of carbonyl (C=O) groups excluding carboxylic acids is 1. The van der Waals surface area contributed by atoms with Gasteiger partial charge in [-0.25, -0.2) is 14.8 Å². The van der Waals surface area contributed by atoms with Crippen molar-refractivity contribution in [2.75, 3.05) is 45.3 Å². The molecule has 0 amide bonds. The second-order valence-electron chi connectivity index (χ2n) is 5.93. The third-order valence-corrected chi connectivity index (χ3v) is 3.93. The Hall–Kier alpha value is -2.56. The van der Waals surface area contributed by atoms with Gasteiger partial charge in [0.25, 0.3) is 0 Å². The molecule has 0 aliphatic carbocycles. The van der Waals surface area contributed by atoms with Crippen molar-refractivity contribution in [2.45, 2.75) is 12.6 Å². The summed E-state index contributed by atoms with van der Waals surface area (Å²) in [5.41, 5.74) is 0.967. The van der Waals surface area contributed by atoms with E-state index in [1.54, 1.807) is 17.1 Å². The van der Waals surface area contributed by atoms with Gasteiger partial charge < -0.3 is 19.9 Å². The van der Waals surface area contributed by atoms with Gasteiger partial charge in [-0.15, -0.1) is 0 Å². The first kappa shape index (κ1) is 18.2. The van der Waals surface area contributed by atoms with Crippen LogP contribution in [0.3, 0.4) is 0 Å². The van der Waals surface area contributed by atoms with Crippen LogP contribution >= 0.6 is 0 Å². The third-order valence-electron chi connectivity index (χ3n) is 3.93. The van der Waals surface area contributed by atoms with Gasteiger partial charge in [-0.2, -0.15) is 5.10 Å². The fourth-order valence-electron chi connectivity index (χ4n) is 2.63. The molecule has 0 aromatic carbocycles. The molecule has 2 N–H and O–H groups in total. The van der Waals surface area contributed by atoms with E-state index in [2.05, 4.69) is 30.0 Å². The number of nitrogens with zero attached hydrogens (tertiary/aromatic N) is 5. The van der Waals surface area contributed by atoms with Crippen molar-refractivity contribution in [3.8, 4) is 0 Å². The van der Waals surface area contributed by atoms with Crippen LogP contribution in [0.15, 0.2) is 24.8 Å². The largest absolute Gasteiger partial charge is 0.465 e. The first-order valence-electron chi connectivity index (χ1n) is 8.32.